The number of amides is 1. The van der Waals surface area contributed by atoms with Gasteiger partial charge in [-0.15, -0.1) is 0 Å². The quantitative estimate of drug-likeness (QED) is 0.864. The maximum Gasteiger partial charge on any atom is 0.251 e. The summed E-state index contributed by atoms with van der Waals surface area (Å²) in [6.45, 7) is 5.83. The Bertz CT molecular complexity index is 425. The van der Waals surface area contributed by atoms with Crippen LogP contribution >= 0.6 is 0 Å². The zero-order valence-electron chi connectivity index (χ0n) is 12.4. The molecule has 0 aromatic heterocycles. The average molecular weight is 276 g/mol. The number of ether oxygens (including phenoxy) is 1. The number of rotatable bonds is 6. The third-order valence-electron chi connectivity index (χ3n) is 3.62. The van der Waals surface area contributed by atoms with E-state index in [0.717, 1.165) is 6.54 Å². The first kappa shape index (κ1) is 15.0. The molecule has 0 spiro atoms. The summed E-state index contributed by atoms with van der Waals surface area (Å²) < 4.78 is 5.01. The number of carbonyl (C=O) groups excluding carboxylic acids is 1. The molecule has 1 fully saturated rings. The van der Waals surface area contributed by atoms with Crippen LogP contribution < -0.4 is 5.32 Å². The number of carbonyl (C=O) groups is 1. The number of methoxy groups -OCH3 is 1. The lowest BCUT2D eigenvalue weighted by atomic mass is 10.1. The number of hydrogen-bond acceptors (Lipinski definition) is 3. The van der Waals surface area contributed by atoms with Crippen LogP contribution in [0, 0.1) is 0 Å². The standard InChI is InChI=1S/C16H24N2O2/c1-13(12-20-2)17-16(19)15-7-5-14(6-8-15)11-18-9-3-4-10-18/h5-8,13H,3-4,9-12H2,1-2H3,(H,17,19). The van der Waals surface area contributed by atoms with E-state index in [1.54, 1.807) is 7.11 Å². The van der Waals surface area contributed by atoms with Crippen LogP contribution in [0.25, 0.3) is 0 Å². The van der Waals surface area contributed by atoms with Gasteiger partial charge in [0.2, 0.25) is 0 Å². The molecule has 1 aliphatic heterocycles. The highest BCUT2D eigenvalue weighted by Gasteiger charge is 2.13. The normalized spacial score (nSPS) is 17.1. The Kier molecular flexibility index (Phi) is 5.56. The van der Waals surface area contributed by atoms with Gasteiger partial charge in [-0.25, -0.2) is 0 Å². The van der Waals surface area contributed by atoms with E-state index < -0.39 is 0 Å². The van der Waals surface area contributed by atoms with Gasteiger partial charge < -0.3 is 10.1 Å². The monoisotopic (exact) mass is 276 g/mol. The van der Waals surface area contributed by atoms with Gasteiger partial charge >= 0.3 is 0 Å². The van der Waals surface area contributed by atoms with E-state index >= 15 is 0 Å². The summed E-state index contributed by atoms with van der Waals surface area (Å²) in [5, 5.41) is 2.92. The van der Waals surface area contributed by atoms with E-state index in [9.17, 15) is 4.79 Å². The highest BCUT2D eigenvalue weighted by molar-refractivity contribution is 5.94. The van der Waals surface area contributed by atoms with E-state index in [1.807, 2.05) is 31.2 Å². The van der Waals surface area contributed by atoms with E-state index in [-0.39, 0.29) is 11.9 Å². The molecular formula is C16H24N2O2. The lowest BCUT2D eigenvalue weighted by Gasteiger charge is -2.15. The molecule has 1 heterocycles. The molecule has 4 nitrogen and oxygen atoms in total. The molecule has 1 amide bonds. The van der Waals surface area contributed by atoms with E-state index in [4.69, 9.17) is 4.74 Å². The van der Waals surface area contributed by atoms with Crippen molar-refractivity contribution >= 4 is 5.91 Å². The van der Waals surface area contributed by atoms with Gasteiger partial charge in [-0.3, -0.25) is 9.69 Å². The van der Waals surface area contributed by atoms with Gasteiger partial charge in [0.05, 0.1) is 6.61 Å². The molecule has 20 heavy (non-hydrogen) atoms. The first-order valence-electron chi connectivity index (χ1n) is 7.30. The number of benzene rings is 1. The molecule has 1 atom stereocenters. The molecule has 1 aromatic carbocycles. The van der Waals surface area contributed by atoms with Gasteiger partial charge in [0.1, 0.15) is 0 Å². The summed E-state index contributed by atoms with van der Waals surface area (Å²) in [6.07, 6.45) is 2.61. The Balaban J connectivity index is 1.88. The second kappa shape index (κ2) is 7.41. The second-order valence-corrected chi connectivity index (χ2v) is 5.51. The first-order valence-corrected chi connectivity index (χ1v) is 7.30. The average Bonchev–Trinajstić information content (AvgIpc) is 2.92. The minimum absolute atomic E-state index is 0.0248. The zero-order valence-corrected chi connectivity index (χ0v) is 12.4. The zero-order chi connectivity index (χ0) is 14.4. The molecule has 110 valence electrons. The molecule has 1 aromatic rings. The van der Waals surface area contributed by atoms with E-state index in [1.165, 1.54) is 31.5 Å². The Morgan fingerprint density at radius 2 is 1.95 bits per heavy atom. The minimum Gasteiger partial charge on any atom is -0.383 e. The Labute approximate surface area is 121 Å². The van der Waals surface area contributed by atoms with Crippen molar-refractivity contribution in [2.24, 2.45) is 0 Å². The topological polar surface area (TPSA) is 41.6 Å². The summed E-state index contributed by atoms with van der Waals surface area (Å²) >= 11 is 0. The molecular weight excluding hydrogens is 252 g/mol. The predicted molar refractivity (Wildman–Crippen MR) is 79.8 cm³/mol. The summed E-state index contributed by atoms with van der Waals surface area (Å²) in [4.78, 5) is 14.5. The van der Waals surface area contributed by atoms with Crippen molar-refractivity contribution in [3.8, 4) is 0 Å². The van der Waals surface area contributed by atoms with Crippen LogP contribution in [0.1, 0.15) is 35.7 Å². The molecule has 0 radical (unpaired) electrons. The second-order valence-electron chi connectivity index (χ2n) is 5.51. The highest BCUT2D eigenvalue weighted by atomic mass is 16.5. The number of likely N-dealkylation sites (tertiary alicyclic amines) is 1. The van der Waals surface area contributed by atoms with Crippen LogP contribution in [0.2, 0.25) is 0 Å². The van der Waals surface area contributed by atoms with Crippen LogP contribution in [0.15, 0.2) is 24.3 Å². The molecule has 1 aliphatic rings. The van der Waals surface area contributed by atoms with Crippen molar-refractivity contribution in [3.63, 3.8) is 0 Å². The third kappa shape index (κ3) is 4.32. The Morgan fingerprint density at radius 3 is 2.55 bits per heavy atom. The molecule has 2 rings (SSSR count). The Hall–Kier alpha value is -1.39. The molecule has 0 bridgehead atoms. The Morgan fingerprint density at radius 1 is 1.30 bits per heavy atom. The van der Waals surface area contributed by atoms with Crippen molar-refractivity contribution in [2.75, 3.05) is 26.8 Å². The van der Waals surface area contributed by atoms with Crippen molar-refractivity contribution in [1.82, 2.24) is 10.2 Å². The van der Waals surface area contributed by atoms with Crippen molar-refractivity contribution in [3.05, 3.63) is 35.4 Å². The molecule has 0 saturated carbocycles. The van der Waals surface area contributed by atoms with Gasteiger partial charge in [0.25, 0.3) is 5.91 Å². The summed E-state index contributed by atoms with van der Waals surface area (Å²) in [6, 6.07) is 7.93. The maximum atomic E-state index is 12.0. The lowest BCUT2D eigenvalue weighted by molar-refractivity contribution is 0.0905. The van der Waals surface area contributed by atoms with Crippen molar-refractivity contribution in [1.29, 1.82) is 0 Å². The van der Waals surface area contributed by atoms with E-state index in [2.05, 4.69) is 10.2 Å². The summed E-state index contributed by atoms with van der Waals surface area (Å²) in [5.74, 6) is -0.0396. The van der Waals surface area contributed by atoms with Crippen molar-refractivity contribution in [2.45, 2.75) is 32.4 Å². The summed E-state index contributed by atoms with van der Waals surface area (Å²) in [7, 11) is 1.63. The van der Waals surface area contributed by atoms with Crippen LogP contribution in [-0.4, -0.2) is 43.7 Å². The molecule has 1 unspecified atom stereocenters. The van der Waals surface area contributed by atoms with Crippen molar-refractivity contribution < 1.29 is 9.53 Å². The lowest BCUT2D eigenvalue weighted by Crippen LogP contribution is -2.35. The van der Waals surface area contributed by atoms with Crippen LogP contribution in [0.3, 0.4) is 0 Å². The predicted octanol–water partition coefficient (Wildman–Crippen LogP) is 2.05. The fourth-order valence-corrected chi connectivity index (χ4v) is 2.56. The van der Waals surface area contributed by atoms with Gasteiger partial charge in [-0.05, 0) is 50.6 Å². The maximum absolute atomic E-state index is 12.0. The first-order chi connectivity index (χ1) is 9.69. The smallest absolute Gasteiger partial charge is 0.251 e. The van der Waals surface area contributed by atoms with Gasteiger partial charge in [0, 0.05) is 25.3 Å². The molecule has 1 N–H and O–H groups in total. The van der Waals surface area contributed by atoms with Gasteiger partial charge in [0.15, 0.2) is 0 Å². The fraction of sp³-hybridized carbons (Fsp3) is 0.562. The number of nitrogens with zero attached hydrogens (tertiary/aromatic N) is 1. The van der Waals surface area contributed by atoms with Gasteiger partial charge in [-0.2, -0.15) is 0 Å². The minimum atomic E-state index is -0.0396. The van der Waals surface area contributed by atoms with Crippen LogP contribution in [0.5, 0.6) is 0 Å². The molecule has 1 saturated heterocycles. The number of hydrogen-bond donors (Lipinski definition) is 1. The fourth-order valence-electron chi connectivity index (χ4n) is 2.56. The number of nitrogens with one attached hydrogen (secondary N) is 1. The van der Waals surface area contributed by atoms with Crippen LogP contribution in [-0.2, 0) is 11.3 Å². The van der Waals surface area contributed by atoms with E-state index in [0.29, 0.717) is 12.2 Å². The van der Waals surface area contributed by atoms with Gasteiger partial charge in [-0.1, -0.05) is 12.1 Å². The highest BCUT2D eigenvalue weighted by Crippen LogP contribution is 2.13. The van der Waals surface area contributed by atoms with Crippen LogP contribution in [0.4, 0.5) is 0 Å². The molecule has 4 heteroatoms. The SMILES string of the molecule is COCC(C)NC(=O)c1ccc(CN2CCCC2)cc1. The summed E-state index contributed by atoms with van der Waals surface area (Å²) in [5.41, 5.74) is 1.98. The third-order valence-corrected chi connectivity index (χ3v) is 3.62. The molecule has 0 aliphatic carbocycles. The largest absolute Gasteiger partial charge is 0.383 e.